The second kappa shape index (κ2) is 6.83. The molecule has 1 atom stereocenters. The van der Waals surface area contributed by atoms with Crippen molar-refractivity contribution in [1.82, 2.24) is 10.3 Å². The van der Waals surface area contributed by atoms with Crippen molar-refractivity contribution in [3.63, 3.8) is 0 Å². The summed E-state index contributed by atoms with van der Waals surface area (Å²) in [7, 11) is 0. The Morgan fingerprint density at radius 1 is 1.14 bits per heavy atom. The molecule has 3 heterocycles. The Labute approximate surface area is 139 Å². The number of nitrogens with one attached hydrogen (secondary N) is 1. The predicted molar refractivity (Wildman–Crippen MR) is 87.4 cm³/mol. The van der Waals surface area contributed by atoms with Gasteiger partial charge >= 0.3 is 0 Å². The van der Waals surface area contributed by atoms with Gasteiger partial charge in [-0.25, -0.2) is 4.98 Å². The summed E-state index contributed by atoms with van der Waals surface area (Å²) in [6, 6.07) is 6.18. The molecule has 118 valence electrons. The normalized spacial score (nSPS) is 20.3. The summed E-state index contributed by atoms with van der Waals surface area (Å²) in [5, 5.41) is 6.58. The van der Waals surface area contributed by atoms with Crippen LogP contribution in [0.1, 0.15) is 11.0 Å². The van der Waals surface area contributed by atoms with Gasteiger partial charge in [0, 0.05) is 17.5 Å². The first-order valence-corrected chi connectivity index (χ1v) is 7.95. The van der Waals surface area contributed by atoms with Crippen molar-refractivity contribution in [2.24, 2.45) is 0 Å². The molecule has 0 spiro atoms. The van der Waals surface area contributed by atoms with Crippen molar-refractivity contribution in [3.8, 4) is 22.8 Å². The van der Waals surface area contributed by atoms with Gasteiger partial charge in [-0.15, -0.1) is 23.7 Å². The van der Waals surface area contributed by atoms with Gasteiger partial charge in [-0.3, -0.25) is 0 Å². The maximum Gasteiger partial charge on any atom is 0.162 e. The van der Waals surface area contributed by atoms with Crippen LogP contribution < -0.4 is 14.8 Å². The van der Waals surface area contributed by atoms with E-state index in [1.54, 1.807) is 11.3 Å². The summed E-state index contributed by atoms with van der Waals surface area (Å²) >= 11 is 1.66. The number of hydrogen-bond donors (Lipinski definition) is 1. The highest BCUT2D eigenvalue weighted by Crippen LogP contribution is 2.35. The molecule has 4 rings (SSSR count). The van der Waals surface area contributed by atoms with E-state index < -0.39 is 0 Å². The van der Waals surface area contributed by atoms with Gasteiger partial charge in [-0.2, -0.15) is 0 Å². The second-order valence-corrected chi connectivity index (χ2v) is 5.90. The number of aromatic nitrogens is 1. The molecule has 0 aliphatic carbocycles. The third-order valence-corrected chi connectivity index (χ3v) is 4.54. The fraction of sp³-hybridized carbons (Fsp3) is 0.400. The van der Waals surface area contributed by atoms with E-state index in [0.29, 0.717) is 19.8 Å². The number of benzene rings is 1. The van der Waals surface area contributed by atoms with Crippen LogP contribution in [0.3, 0.4) is 0 Å². The summed E-state index contributed by atoms with van der Waals surface area (Å²) in [5.41, 5.74) is 2.03. The largest absolute Gasteiger partial charge is 0.486 e. The number of rotatable bonds is 2. The minimum atomic E-state index is 0. The van der Waals surface area contributed by atoms with E-state index in [2.05, 4.69) is 10.7 Å². The van der Waals surface area contributed by atoms with Crippen LogP contribution in [0.5, 0.6) is 11.5 Å². The topological polar surface area (TPSA) is 52.6 Å². The third kappa shape index (κ3) is 3.05. The maximum atomic E-state index is 5.63. The van der Waals surface area contributed by atoms with Crippen LogP contribution in [0.15, 0.2) is 23.6 Å². The molecule has 1 aromatic carbocycles. The van der Waals surface area contributed by atoms with E-state index >= 15 is 0 Å². The zero-order valence-corrected chi connectivity index (χ0v) is 13.5. The molecule has 22 heavy (non-hydrogen) atoms. The van der Waals surface area contributed by atoms with Crippen molar-refractivity contribution >= 4 is 23.7 Å². The van der Waals surface area contributed by atoms with Gasteiger partial charge in [-0.05, 0) is 18.2 Å². The SMILES string of the molecule is Cl.c1cc2c(cc1-c1csc(C3COCCN3)n1)OCCO2. The Morgan fingerprint density at radius 3 is 2.82 bits per heavy atom. The Balaban J connectivity index is 0.00000144. The summed E-state index contributed by atoms with van der Waals surface area (Å²) in [6.07, 6.45) is 0. The van der Waals surface area contributed by atoms with E-state index in [-0.39, 0.29) is 18.4 Å². The lowest BCUT2D eigenvalue weighted by Gasteiger charge is -2.21. The molecule has 5 nitrogen and oxygen atoms in total. The fourth-order valence-corrected chi connectivity index (χ4v) is 3.39. The van der Waals surface area contributed by atoms with Crippen molar-refractivity contribution in [2.75, 3.05) is 33.0 Å². The lowest BCUT2D eigenvalue weighted by molar-refractivity contribution is 0.0768. The Hall–Kier alpha value is -1.34. The predicted octanol–water partition coefficient (Wildman–Crippen LogP) is 2.66. The monoisotopic (exact) mass is 340 g/mol. The van der Waals surface area contributed by atoms with Crippen LogP contribution in [0, 0.1) is 0 Å². The van der Waals surface area contributed by atoms with Gasteiger partial charge in [0.1, 0.15) is 18.2 Å². The molecule has 1 aromatic heterocycles. The number of ether oxygens (including phenoxy) is 3. The van der Waals surface area contributed by atoms with Crippen LogP contribution in [0.4, 0.5) is 0 Å². The van der Waals surface area contributed by atoms with Gasteiger partial charge in [0.05, 0.1) is 24.9 Å². The summed E-state index contributed by atoms with van der Waals surface area (Å²) in [5.74, 6) is 1.61. The number of fused-ring (bicyclic) bond motifs is 1. The highest BCUT2D eigenvalue weighted by Gasteiger charge is 2.19. The minimum Gasteiger partial charge on any atom is -0.486 e. The first kappa shape index (κ1) is 15.6. The Morgan fingerprint density at radius 2 is 2.00 bits per heavy atom. The minimum absolute atomic E-state index is 0. The first-order valence-electron chi connectivity index (χ1n) is 7.07. The summed E-state index contributed by atoms with van der Waals surface area (Å²) in [4.78, 5) is 4.73. The van der Waals surface area contributed by atoms with Gasteiger partial charge in [0.25, 0.3) is 0 Å². The zero-order valence-electron chi connectivity index (χ0n) is 11.9. The lowest BCUT2D eigenvalue weighted by Crippen LogP contribution is -2.34. The second-order valence-electron chi connectivity index (χ2n) is 5.01. The van der Waals surface area contributed by atoms with Gasteiger partial charge in [-0.1, -0.05) is 0 Å². The molecule has 0 radical (unpaired) electrons. The van der Waals surface area contributed by atoms with Crippen LogP contribution in [-0.4, -0.2) is 38.0 Å². The van der Waals surface area contributed by atoms with Crippen molar-refractivity contribution in [2.45, 2.75) is 6.04 Å². The summed E-state index contributed by atoms with van der Waals surface area (Å²) < 4.78 is 16.7. The number of thiazole rings is 1. The molecule has 1 N–H and O–H groups in total. The molecule has 0 amide bonds. The highest BCUT2D eigenvalue weighted by atomic mass is 35.5. The molecule has 0 saturated carbocycles. The molecule has 1 saturated heterocycles. The number of nitrogens with zero attached hydrogens (tertiary/aromatic N) is 1. The van der Waals surface area contributed by atoms with Crippen molar-refractivity contribution < 1.29 is 14.2 Å². The number of morpholine rings is 1. The fourth-order valence-electron chi connectivity index (χ4n) is 2.51. The van der Waals surface area contributed by atoms with E-state index in [0.717, 1.165) is 40.9 Å². The van der Waals surface area contributed by atoms with Gasteiger partial charge in [0.15, 0.2) is 11.5 Å². The molecule has 2 aliphatic heterocycles. The maximum absolute atomic E-state index is 5.63. The number of halogens is 1. The smallest absolute Gasteiger partial charge is 0.162 e. The number of hydrogen-bond acceptors (Lipinski definition) is 6. The average molecular weight is 341 g/mol. The quantitative estimate of drug-likeness (QED) is 0.911. The molecular formula is C15H17ClN2O3S. The van der Waals surface area contributed by atoms with Crippen molar-refractivity contribution in [3.05, 3.63) is 28.6 Å². The highest BCUT2D eigenvalue weighted by molar-refractivity contribution is 7.10. The molecule has 1 unspecified atom stereocenters. The third-order valence-electron chi connectivity index (χ3n) is 3.58. The standard InChI is InChI=1S/C15H16N2O3S.ClH/c1-2-13-14(20-6-5-19-13)7-10(1)12-9-21-15(17-12)11-8-18-4-3-16-11;/h1-2,7,9,11,16H,3-6,8H2;1H. The molecule has 1 fully saturated rings. The Bertz CT molecular complexity index is 643. The molecular weight excluding hydrogens is 324 g/mol. The Kier molecular flexibility index (Phi) is 4.83. The first-order chi connectivity index (χ1) is 10.4. The average Bonchev–Trinajstić information content (AvgIpc) is 3.05. The van der Waals surface area contributed by atoms with Crippen molar-refractivity contribution in [1.29, 1.82) is 0 Å². The van der Waals surface area contributed by atoms with Crippen LogP contribution >= 0.6 is 23.7 Å². The van der Waals surface area contributed by atoms with E-state index in [4.69, 9.17) is 19.2 Å². The van der Waals surface area contributed by atoms with E-state index in [1.807, 2.05) is 18.2 Å². The lowest BCUT2D eigenvalue weighted by atomic mass is 10.1. The van der Waals surface area contributed by atoms with Crippen LogP contribution in [0.25, 0.3) is 11.3 Å². The zero-order chi connectivity index (χ0) is 14.1. The van der Waals surface area contributed by atoms with Gasteiger partial charge in [0.2, 0.25) is 0 Å². The van der Waals surface area contributed by atoms with E-state index in [1.165, 1.54) is 0 Å². The summed E-state index contributed by atoms with van der Waals surface area (Å²) in [6.45, 7) is 3.55. The molecule has 2 aliphatic rings. The molecule has 0 bridgehead atoms. The van der Waals surface area contributed by atoms with Gasteiger partial charge < -0.3 is 19.5 Å². The van der Waals surface area contributed by atoms with E-state index in [9.17, 15) is 0 Å². The molecule has 2 aromatic rings. The van der Waals surface area contributed by atoms with Crippen LogP contribution in [0.2, 0.25) is 0 Å². The molecule has 7 heteroatoms. The van der Waals surface area contributed by atoms with Crippen LogP contribution in [-0.2, 0) is 4.74 Å².